The van der Waals surface area contributed by atoms with Crippen molar-refractivity contribution in [2.75, 3.05) is 17.4 Å². The van der Waals surface area contributed by atoms with Crippen molar-refractivity contribution in [1.29, 1.82) is 0 Å². The molecule has 0 bridgehead atoms. The highest BCUT2D eigenvalue weighted by Crippen LogP contribution is 2.23. The quantitative estimate of drug-likeness (QED) is 0.581. The monoisotopic (exact) mass is 251 g/mol. The standard InChI is InChI=1S/C8H13NO4S2/c1-5(2-14)7(10)9-4-15-3-6(9)13-8(11)12/h5-6,14H,2-4H2,1H3,(H,11,12)/t5-,6-/m1/s1. The highest BCUT2D eigenvalue weighted by Gasteiger charge is 2.33. The molecule has 0 radical (unpaired) electrons. The van der Waals surface area contributed by atoms with Crippen molar-refractivity contribution >= 4 is 36.5 Å². The van der Waals surface area contributed by atoms with E-state index in [1.807, 2.05) is 0 Å². The molecule has 1 aliphatic rings. The van der Waals surface area contributed by atoms with E-state index in [1.54, 1.807) is 6.92 Å². The number of rotatable bonds is 3. The van der Waals surface area contributed by atoms with Gasteiger partial charge in [0.15, 0.2) is 6.23 Å². The topological polar surface area (TPSA) is 66.8 Å². The van der Waals surface area contributed by atoms with Gasteiger partial charge in [-0.15, -0.1) is 11.8 Å². The van der Waals surface area contributed by atoms with Gasteiger partial charge in [-0.1, -0.05) is 6.92 Å². The van der Waals surface area contributed by atoms with Crippen LogP contribution in [0.25, 0.3) is 0 Å². The number of amides is 1. The fourth-order valence-electron chi connectivity index (χ4n) is 1.21. The van der Waals surface area contributed by atoms with E-state index in [2.05, 4.69) is 17.4 Å². The Morgan fingerprint density at radius 3 is 2.93 bits per heavy atom. The number of nitrogens with zero attached hydrogens (tertiary/aromatic N) is 1. The Morgan fingerprint density at radius 2 is 2.40 bits per heavy atom. The lowest BCUT2D eigenvalue weighted by Crippen LogP contribution is -2.42. The van der Waals surface area contributed by atoms with E-state index in [0.29, 0.717) is 17.4 Å². The van der Waals surface area contributed by atoms with Crippen molar-refractivity contribution in [2.45, 2.75) is 13.2 Å². The van der Waals surface area contributed by atoms with Crippen LogP contribution in [0.3, 0.4) is 0 Å². The Balaban J connectivity index is 2.59. The lowest BCUT2D eigenvalue weighted by atomic mass is 10.2. The van der Waals surface area contributed by atoms with Crippen LogP contribution in [0, 0.1) is 5.92 Å². The molecule has 1 saturated heterocycles. The summed E-state index contributed by atoms with van der Waals surface area (Å²) in [5.41, 5.74) is 0. The molecule has 1 rings (SSSR count). The number of hydrogen-bond acceptors (Lipinski definition) is 5. The molecule has 1 heterocycles. The highest BCUT2D eigenvalue weighted by molar-refractivity contribution is 7.99. The number of thioether (sulfide) groups is 1. The zero-order valence-electron chi connectivity index (χ0n) is 8.25. The SMILES string of the molecule is C[C@H](CS)C(=O)N1CSC[C@H]1OC(=O)O. The molecule has 86 valence electrons. The molecule has 5 nitrogen and oxygen atoms in total. The van der Waals surface area contributed by atoms with Crippen LogP contribution in [0.15, 0.2) is 0 Å². The van der Waals surface area contributed by atoms with Crippen molar-refractivity contribution in [3.63, 3.8) is 0 Å². The number of carbonyl (C=O) groups excluding carboxylic acids is 1. The van der Waals surface area contributed by atoms with E-state index in [4.69, 9.17) is 5.11 Å². The fraction of sp³-hybridized carbons (Fsp3) is 0.750. The Kier molecular flexibility index (Phi) is 4.59. The molecule has 1 aliphatic heterocycles. The number of ether oxygens (including phenoxy) is 1. The molecule has 0 unspecified atom stereocenters. The van der Waals surface area contributed by atoms with E-state index in [9.17, 15) is 9.59 Å². The first-order valence-electron chi connectivity index (χ1n) is 4.45. The van der Waals surface area contributed by atoms with Crippen LogP contribution in [0.1, 0.15) is 6.92 Å². The molecule has 1 amide bonds. The largest absolute Gasteiger partial charge is 0.507 e. The van der Waals surface area contributed by atoms with Crippen LogP contribution < -0.4 is 0 Å². The molecule has 0 spiro atoms. The molecule has 15 heavy (non-hydrogen) atoms. The van der Waals surface area contributed by atoms with Gasteiger partial charge in [-0.05, 0) is 0 Å². The van der Waals surface area contributed by atoms with E-state index in [-0.39, 0.29) is 11.8 Å². The Hall–Kier alpha value is -0.560. The summed E-state index contributed by atoms with van der Waals surface area (Å²) in [7, 11) is 0. The summed E-state index contributed by atoms with van der Waals surface area (Å²) in [5, 5.41) is 8.48. The van der Waals surface area contributed by atoms with Crippen LogP contribution >= 0.6 is 24.4 Å². The maximum absolute atomic E-state index is 11.8. The summed E-state index contributed by atoms with van der Waals surface area (Å²) in [5.74, 6) is 1.10. The summed E-state index contributed by atoms with van der Waals surface area (Å²) in [6.45, 7) is 1.76. The summed E-state index contributed by atoms with van der Waals surface area (Å²) in [6.07, 6.45) is -2.00. The molecule has 0 saturated carbocycles. The molecular weight excluding hydrogens is 238 g/mol. The van der Waals surface area contributed by atoms with Gasteiger partial charge in [-0.2, -0.15) is 12.6 Å². The van der Waals surface area contributed by atoms with Crippen LogP contribution in [0.4, 0.5) is 4.79 Å². The van der Waals surface area contributed by atoms with Crippen molar-refractivity contribution in [1.82, 2.24) is 4.90 Å². The number of thiol groups is 1. The van der Waals surface area contributed by atoms with Gasteiger partial charge in [-0.25, -0.2) is 4.79 Å². The highest BCUT2D eigenvalue weighted by atomic mass is 32.2. The van der Waals surface area contributed by atoms with E-state index >= 15 is 0 Å². The van der Waals surface area contributed by atoms with Crippen molar-refractivity contribution in [3.8, 4) is 0 Å². The van der Waals surface area contributed by atoms with Gasteiger partial charge in [-0.3, -0.25) is 9.69 Å². The maximum atomic E-state index is 11.8. The minimum atomic E-state index is -1.35. The number of carboxylic acid groups (broad SMARTS) is 1. The lowest BCUT2D eigenvalue weighted by Gasteiger charge is -2.24. The molecule has 1 N–H and O–H groups in total. The molecule has 1 fully saturated rings. The zero-order valence-corrected chi connectivity index (χ0v) is 9.96. The number of carbonyl (C=O) groups is 2. The molecular formula is C8H13NO4S2. The smallest absolute Gasteiger partial charge is 0.450 e. The van der Waals surface area contributed by atoms with Crippen molar-refractivity contribution < 1.29 is 19.4 Å². The molecule has 0 aliphatic carbocycles. The summed E-state index contributed by atoms with van der Waals surface area (Å²) in [6, 6.07) is 0. The predicted octanol–water partition coefficient (Wildman–Crippen LogP) is 1.11. The minimum Gasteiger partial charge on any atom is -0.450 e. The average Bonchev–Trinajstić information content (AvgIpc) is 2.62. The summed E-state index contributed by atoms with van der Waals surface area (Å²) >= 11 is 5.52. The Morgan fingerprint density at radius 1 is 1.73 bits per heavy atom. The second-order valence-corrected chi connectivity index (χ2v) is 4.59. The predicted molar refractivity (Wildman–Crippen MR) is 60.1 cm³/mol. The third-order valence-corrected chi connectivity index (χ3v) is 3.58. The van der Waals surface area contributed by atoms with Gasteiger partial charge in [0.1, 0.15) is 0 Å². The van der Waals surface area contributed by atoms with Crippen LogP contribution in [-0.2, 0) is 9.53 Å². The second kappa shape index (κ2) is 5.50. The first-order chi connectivity index (χ1) is 7.06. The van der Waals surface area contributed by atoms with E-state index in [0.717, 1.165) is 0 Å². The fourth-order valence-corrected chi connectivity index (χ4v) is 2.41. The summed E-state index contributed by atoms with van der Waals surface area (Å²) < 4.78 is 4.62. The maximum Gasteiger partial charge on any atom is 0.507 e. The first kappa shape index (κ1) is 12.5. The van der Waals surface area contributed by atoms with Gasteiger partial charge in [0.25, 0.3) is 0 Å². The van der Waals surface area contributed by atoms with Gasteiger partial charge in [0, 0.05) is 11.7 Å². The Bertz CT molecular complexity index is 261. The first-order valence-corrected chi connectivity index (χ1v) is 6.23. The Labute approximate surface area is 97.6 Å². The normalized spacial score (nSPS) is 22.5. The van der Waals surface area contributed by atoms with Gasteiger partial charge < -0.3 is 9.84 Å². The van der Waals surface area contributed by atoms with Gasteiger partial charge >= 0.3 is 6.16 Å². The van der Waals surface area contributed by atoms with Crippen molar-refractivity contribution in [2.24, 2.45) is 5.92 Å². The molecule has 2 atom stereocenters. The summed E-state index contributed by atoms with van der Waals surface area (Å²) in [4.78, 5) is 23.6. The van der Waals surface area contributed by atoms with E-state index in [1.165, 1.54) is 16.7 Å². The second-order valence-electron chi connectivity index (χ2n) is 3.23. The van der Waals surface area contributed by atoms with Crippen molar-refractivity contribution in [3.05, 3.63) is 0 Å². The molecule has 0 aromatic heterocycles. The molecule has 7 heteroatoms. The third-order valence-electron chi connectivity index (χ3n) is 2.05. The van der Waals surface area contributed by atoms with Crippen LogP contribution in [0.2, 0.25) is 0 Å². The van der Waals surface area contributed by atoms with Crippen LogP contribution in [-0.4, -0.2) is 45.7 Å². The minimum absolute atomic E-state index is 0.110. The average molecular weight is 251 g/mol. The third kappa shape index (κ3) is 3.20. The van der Waals surface area contributed by atoms with E-state index < -0.39 is 12.4 Å². The zero-order chi connectivity index (χ0) is 11.4. The molecule has 0 aromatic rings. The number of hydrogen-bond donors (Lipinski definition) is 2. The lowest BCUT2D eigenvalue weighted by molar-refractivity contribution is -0.141. The van der Waals surface area contributed by atoms with Crippen LogP contribution in [0.5, 0.6) is 0 Å². The van der Waals surface area contributed by atoms with Gasteiger partial charge in [0.2, 0.25) is 5.91 Å². The molecule has 0 aromatic carbocycles. The van der Waals surface area contributed by atoms with Gasteiger partial charge in [0.05, 0.1) is 11.6 Å².